The maximum atomic E-state index is 5.89. The first-order chi connectivity index (χ1) is 9.22. The Bertz CT molecular complexity index is 540. The summed E-state index contributed by atoms with van der Waals surface area (Å²) < 4.78 is 5.89. The number of para-hydroxylation sites is 1. The van der Waals surface area contributed by atoms with Crippen LogP contribution in [-0.2, 0) is 6.61 Å². The predicted molar refractivity (Wildman–Crippen MR) is 76.9 cm³/mol. The van der Waals surface area contributed by atoms with Crippen LogP contribution in [0.5, 0.6) is 5.75 Å². The highest BCUT2D eigenvalue weighted by Crippen LogP contribution is 2.27. The fourth-order valence-corrected chi connectivity index (χ4v) is 1.93. The maximum absolute atomic E-state index is 5.89. The van der Waals surface area contributed by atoms with Gasteiger partial charge >= 0.3 is 0 Å². The quantitative estimate of drug-likeness (QED) is 0.638. The van der Waals surface area contributed by atoms with Crippen LogP contribution in [0.4, 0.5) is 5.82 Å². The van der Waals surface area contributed by atoms with E-state index < -0.39 is 0 Å². The molecule has 0 atom stereocenters. The van der Waals surface area contributed by atoms with E-state index in [1.54, 1.807) is 6.20 Å². The topological polar surface area (TPSA) is 60.2 Å². The maximum Gasteiger partial charge on any atom is 0.146 e. The molecule has 1 aromatic carbocycles. The van der Waals surface area contributed by atoms with Crippen molar-refractivity contribution in [1.82, 2.24) is 4.98 Å². The zero-order valence-electron chi connectivity index (χ0n) is 11.3. The molecule has 3 N–H and O–H groups in total. The van der Waals surface area contributed by atoms with Crippen molar-refractivity contribution in [3.05, 3.63) is 53.7 Å². The van der Waals surface area contributed by atoms with Crippen molar-refractivity contribution in [2.45, 2.75) is 26.4 Å². The first-order valence-corrected chi connectivity index (χ1v) is 6.34. The van der Waals surface area contributed by atoms with Gasteiger partial charge in [-0.15, -0.1) is 0 Å². The first-order valence-electron chi connectivity index (χ1n) is 6.34. The zero-order chi connectivity index (χ0) is 13.7. The molecule has 0 saturated heterocycles. The average molecular weight is 257 g/mol. The Labute approximate surface area is 113 Å². The van der Waals surface area contributed by atoms with E-state index in [0.717, 1.165) is 11.3 Å². The number of benzene rings is 1. The van der Waals surface area contributed by atoms with Gasteiger partial charge < -0.3 is 10.2 Å². The summed E-state index contributed by atoms with van der Waals surface area (Å²) in [6.07, 6.45) is 1.70. The molecule has 0 bridgehead atoms. The second-order valence-electron chi connectivity index (χ2n) is 4.64. The molecule has 0 spiro atoms. The molecule has 0 unspecified atom stereocenters. The lowest BCUT2D eigenvalue weighted by atomic mass is 10.0. The monoisotopic (exact) mass is 257 g/mol. The second-order valence-corrected chi connectivity index (χ2v) is 4.64. The minimum absolute atomic E-state index is 0.428. The molecule has 19 heavy (non-hydrogen) atoms. The minimum Gasteiger partial charge on any atom is -0.488 e. The lowest BCUT2D eigenvalue weighted by molar-refractivity contribution is 0.302. The van der Waals surface area contributed by atoms with E-state index in [4.69, 9.17) is 10.6 Å². The normalized spacial score (nSPS) is 10.5. The predicted octanol–water partition coefficient (Wildman–Crippen LogP) is 3.07. The van der Waals surface area contributed by atoms with E-state index in [0.29, 0.717) is 18.3 Å². The molecule has 4 nitrogen and oxygen atoms in total. The standard InChI is InChI=1S/C15H19N3O/c1-11(2)13-7-3-4-8-14(13)19-10-12-6-5-9-17-15(12)18-16/h3-9,11H,10,16H2,1-2H3,(H,17,18). The van der Waals surface area contributed by atoms with E-state index in [-0.39, 0.29) is 0 Å². The Kier molecular flexibility index (Phi) is 4.36. The van der Waals surface area contributed by atoms with Gasteiger partial charge in [0, 0.05) is 11.8 Å². The second kappa shape index (κ2) is 6.20. The lowest BCUT2D eigenvalue weighted by Crippen LogP contribution is -2.12. The van der Waals surface area contributed by atoms with Gasteiger partial charge in [-0.25, -0.2) is 10.8 Å². The molecule has 100 valence electrons. The summed E-state index contributed by atoms with van der Waals surface area (Å²) in [5.74, 6) is 7.41. The summed E-state index contributed by atoms with van der Waals surface area (Å²) in [5.41, 5.74) is 4.71. The third kappa shape index (κ3) is 3.23. The van der Waals surface area contributed by atoms with Crippen LogP contribution in [-0.4, -0.2) is 4.98 Å². The van der Waals surface area contributed by atoms with Gasteiger partial charge in [0.1, 0.15) is 18.2 Å². The molecule has 0 saturated carbocycles. The van der Waals surface area contributed by atoms with Crippen molar-refractivity contribution in [1.29, 1.82) is 0 Å². The number of nitrogens with two attached hydrogens (primary N) is 1. The fourth-order valence-electron chi connectivity index (χ4n) is 1.93. The minimum atomic E-state index is 0.428. The summed E-state index contributed by atoms with van der Waals surface area (Å²) in [7, 11) is 0. The van der Waals surface area contributed by atoms with E-state index in [1.165, 1.54) is 5.56 Å². The molecule has 0 aliphatic heterocycles. The van der Waals surface area contributed by atoms with E-state index in [2.05, 4.69) is 30.3 Å². The molecule has 0 radical (unpaired) electrons. The Morgan fingerprint density at radius 3 is 2.74 bits per heavy atom. The smallest absolute Gasteiger partial charge is 0.146 e. The number of rotatable bonds is 5. The van der Waals surface area contributed by atoms with Crippen molar-refractivity contribution >= 4 is 5.82 Å². The zero-order valence-corrected chi connectivity index (χ0v) is 11.3. The third-order valence-corrected chi connectivity index (χ3v) is 2.95. The van der Waals surface area contributed by atoms with Gasteiger partial charge in [-0.3, -0.25) is 0 Å². The molecule has 0 fully saturated rings. The van der Waals surface area contributed by atoms with Crippen LogP contribution in [0.3, 0.4) is 0 Å². The number of aromatic nitrogens is 1. The largest absolute Gasteiger partial charge is 0.488 e. The van der Waals surface area contributed by atoms with Gasteiger partial charge in [-0.1, -0.05) is 38.1 Å². The van der Waals surface area contributed by atoms with Gasteiger partial charge in [0.05, 0.1) is 0 Å². The fraction of sp³-hybridized carbons (Fsp3) is 0.267. The van der Waals surface area contributed by atoms with E-state index in [1.807, 2.05) is 30.3 Å². The van der Waals surface area contributed by atoms with Gasteiger partial charge in [0.15, 0.2) is 0 Å². The lowest BCUT2D eigenvalue weighted by Gasteiger charge is -2.14. The summed E-state index contributed by atoms with van der Waals surface area (Å²) in [4.78, 5) is 4.15. The average Bonchev–Trinajstić information content (AvgIpc) is 2.45. The molecule has 0 amide bonds. The first kappa shape index (κ1) is 13.4. The SMILES string of the molecule is CC(C)c1ccccc1OCc1cccnc1NN. The molecule has 0 aliphatic carbocycles. The number of hydrogen-bond donors (Lipinski definition) is 2. The van der Waals surface area contributed by atoms with Gasteiger partial charge in [-0.2, -0.15) is 0 Å². The number of hydrogen-bond acceptors (Lipinski definition) is 4. The van der Waals surface area contributed by atoms with Crippen LogP contribution in [0, 0.1) is 0 Å². The van der Waals surface area contributed by atoms with Crippen LogP contribution >= 0.6 is 0 Å². The van der Waals surface area contributed by atoms with Crippen LogP contribution in [0.1, 0.15) is 30.9 Å². The van der Waals surface area contributed by atoms with Crippen LogP contribution in [0.25, 0.3) is 0 Å². The molecule has 0 aliphatic rings. The summed E-state index contributed by atoms with van der Waals surface area (Å²) in [6, 6.07) is 11.9. The van der Waals surface area contributed by atoms with Crippen molar-refractivity contribution in [2.75, 3.05) is 5.43 Å². The molecule has 4 heteroatoms. The molecular weight excluding hydrogens is 238 g/mol. The van der Waals surface area contributed by atoms with Crippen molar-refractivity contribution in [2.24, 2.45) is 5.84 Å². The number of hydrazine groups is 1. The van der Waals surface area contributed by atoms with Gasteiger partial charge in [0.25, 0.3) is 0 Å². The van der Waals surface area contributed by atoms with Crippen LogP contribution < -0.4 is 16.0 Å². The molecule has 1 aromatic heterocycles. The number of ether oxygens (including phenoxy) is 1. The van der Waals surface area contributed by atoms with Crippen molar-refractivity contribution in [3.8, 4) is 5.75 Å². The van der Waals surface area contributed by atoms with Crippen molar-refractivity contribution in [3.63, 3.8) is 0 Å². The molecule has 2 aromatic rings. The Balaban J connectivity index is 2.15. The van der Waals surface area contributed by atoms with Gasteiger partial charge in [-0.05, 0) is 23.6 Å². The summed E-state index contributed by atoms with van der Waals surface area (Å²) in [5, 5.41) is 0. The summed E-state index contributed by atoms with van der Waals surface area (Å²) >= 11 is 0. The molecular formula is C15H19N3O. The number of nitrogens with zero attached hydrogens (tertiary/aromatic N) is 1. The van der Waals surface area contributed by atoms with Crippen molar-refractivity contribution < 1.29 is 4.74 Å². The number of nitrogen functional groups attached to an aromatic ring is 1. The van der Waals surface area contributed by atoms with Crippen LogP contribution in [0.2, 0.25) is 0 Å². The highest BCUT2D eigenvalue weighted by molar-refractivity contribution is 5.42. The van der Waals surface area contributed by atoms with Gasteiger partial charge in [0.2, 0.25) is 0 Å². The third-order valence-electron chi connectivity index (χ3n) is 2.95. The highest BCUT2D eigenvalue weighted by atomic mass is 16.5. The number of nitrogens with one attached hydrogen (secondary N) is 1. The number of anilines is 1. The molecule has 1 heterocycles. The Morgan fingerprint density at radius 1 is 1.21 bits per heavy atom. The van der Waals surface area contributed by atoms with E-state index >= 15 is 0 Å². The molecule has 2 rings (SSSR count). The van der Waals surface area contributed by atoms with Crippen LogP contribution in [0.15, 0.2) is 42.6 Å². The highest BCUT2D eigenvalue weighted by Gasteiger charge is 2.08. The Hall–Kier alpha value is -2.07. The van der Waals surface area contributed by atoms with E-state index in [9.17, 15) is 0 Å². The Morgan fingerprint density at radius 2 is 2.00 bits per heavy atom. The number of pyridine rings is 1. The summed E-state index contributed by atoms with van der Waals surface area (Å²) in [6.45, 7) is 4.75.